The fourth-order valence-electron chi connectivity index (χ4n) is 3.19. The molecule has 0 saturated carbocycles. The van der Waals surface area contributed by atoms with Crippen LogP contribution in [-0.4, -0.2) is 40.3 Å². The van der Waals surface area contributed by atoms with Crippen LogP contribution >= 0.6 is 11.6 Å². The van der Waals surface area contributed by atoms with E-state index in [0.29, 0.717) is 22.0 Å². The van der Waals surface area contributed by atoms with Crippen LogP contribution in [0.3, 0.4) is 0 Å². The van der Waals surface area contributed by atoms with Crippen molar-refractivity contribution in [1.29, 1.82) is 0 Å². The average molecular weight is 470 g/mol. The van der Waals surface area contributed by atoms with Gasteiger partial charge in [0.25, 0.3) is 21.7 Å². The van der Waals surface area contributed by atoms with Gasteiger partial charge in [-0.2, -0.15) is 9.50 Å². The van der Waals surface area contributed by atoms with Crippen LogP contribution in [0.1, 0.15) is 27.3 Å². The van der Waals surface area contributed by atoms with Crippen molar-refractivity contribution in [3.05, 3.63) is 82.1 Å². The second-order valence-corrected chi connectivity index (χ2v) is 9.57. The number of Topliss-reactive ketones (excluding diaryl/α,β-unsaturated/α-hetero) is 1. The number of aromatic nitrogens is 4. The summed E-state index contributed by atoms with van der Waals surface area (Å²) in [5.74, 6) is -0.357. The van der Waals surface area contributed by atoms with Crippen LogP contribution in [0.25, 0.3) is 5.78 Å². The normalized spacial score (nSPS) is 11.6. The topological polar surface area (TPSA) is 97.5 Å². The van der Waals surface area contributed by atoms with Crippen LogP contribution in [0.5, 0.6) is 0 Å². The molecule has 0 spiro atoms. The number of carbonyl (C=O) groups is 1. The van der Waals surface area contributed by atoms with E-state index in [4.69, 9.17) is 11.6 Å². The van der Waals surface area contributed by atoms with Crippen molar-refractivity contribution >= 4 is 39.1 Å². The molecule has 10 heteroatoms. The van der Waals surface area contributed by atoms with Gasteiger partial charge in [0.2, 0.25) is 0 Å². The van der Waals surface area contributed by atoms with E-state index in [0.717, 1.165) is 9.87 Å². The lowest BCUT2D eigenvalue weighted by Crippen LogP contribution is -2.36. The number of anilines is 1. The number of halogens is 1. The number of nitrogens with zero attached hydrogens (tertiary/aromatic N) is 5. The van der Waals surface area contributed by atoms with Crippen molar-refractivity contribution in [2.45, 2.75) is 25.7 Å². The zero-order chi connectivity index (χ0) is 23.0. The Labute approximate surface area is 190 Å². The molecule has 4 aromatic rings. The second kappa shape index (κ2) is 8.33. The highest BCUT2D eigenvalue weighted by Crippen LogP contribution is 2.24. The molecule has 0 atom stereocenters. The standard InChI is InChI=1S/C22H20ClN5O3S/c1-14-9-11-17(12-10-14)19(29)13-27(32(30,31)18-7-5-4-6-8-18)22-25-21-24-15(2)20(23)16(3)28(21)26-22/h4-12H,13H2,1-3H3. The maximum atomic E-state index is 13.5. The van der Waals surface area contributed by atoms with Gasteiger partial charge in [-0.15, -0.1) is 5.10 Å². The molecule has 0 saturated heterocycles. The van der Waals surface area contributed by atoms with Crippen LogP contribution in [0.15, 0.2) is 59.5 Å². The first-order chi connectivity index (χ1) is 15.2. The van der Waals surface area contributed by atoms with Crippen LogP contribution in [0, 0.1) is 20.8 Å². The van der Waals surface area contributed by atoms with E-state index in [1.165, 1.54) is 16.6 Å². The lowest BCUT2D eigenvalue weighted by Gasteiger charge is -2.20. The maximum absolute atomic E-state index is 13.5. The molecule has 0 fully saturated rings. The average Bonchev–Trinajstić information content (AvgIpc) is 3.20. The van der Waals surface area contributed by atoms with Gasteiger partial charge in [0.05, 0.1) is 21.3 Å². The maximum Gasteiger partial charge on any atom is 0.267 e. The molecule has 0 aliphatic rings. The Balaban J connectivity index is 1.84. The molecule has 8 nitrogen and oxygen atoms in total. The molecule has 0 unspecified atom stereocenters. The molecule has 0 aliphatic carbocycles. The molecule has 32 heavy (non-hydrogen) atoms. The third-order valence-corrected chi connectivity index (χ3v) is 7.30. The molecule has 164 valence electrons. The fourth-order valence-corrected chi connectivity index (χ4v) is 4.65. The largest absolute Gasteiger partial charge is 0.292 e. The number of hydrogen-bond acceptors (Lipinski definition) is 6. The van der Waals surface area contributed by atoms with E-state index in [1.54, 1.807) is 56.3 Å². The zero-order valence-electron chi connectivity index (χ0n) is 17.7. The van der Waals surface area contributed by atoms with E-state index < -0.39 is 16.6 Å². The summed E-state index contributed by atoms with van der Waals surface area (Å²) in [5, 5.41) is 4.73. The van der Waals surface area contributed by atoms with Crippen molar-refractivity contribution in [3.63, 3.8) is 0 Å². The molecular formula is C22H20ClN5O3S. The molecule has 0 bridgehead atoms. The molecule has 4 rings (SSSR count). The molecule has 0 N–H and O–H groups in total. The number of sulfonamides is 1. The van der Waals surface area contributed by atoms with Gasteiger partial charge >= 0.3 is 0 Å². The minimum Gasteiger partial charge on any atom is -0.292 e. The summed E-state index contributed by atoms with van der Waals surface area (Å²) < 4.78 is 29.2. The van der Waals surface area contributed by atoms with Crippen LogP contribution in [0.2, 0.25) is 5.02 Å². The minimum absolute atomic E-state index is 0.0226. The van der Waals surface area contributed by atoms with Gasteiger partial charge in [0.15, 0.2) is 5.78 Å². The highest BCUT2D eigenvalue weighted by molar-refractivity contribution is 7.92. The summed E-state index contributed by atoms with van der Waals surface area (Å²) in [7, 11) is -4.13. The Hall–Kier alpha value is -3.30. The van der Waals surface area contributed by atoms with Crippen LogP contribution in [-0.2, 0) is 10.0 Å². The number of benzene rings is 2. The monoisotopic (exact) mass is 469 g/mol. The third-order valence-electron chi connectivity index (χ3n) is 5.01. The SMILES string of the molecule is Cc1ccc(C(=O)CN(c2nc3nc(C)c(Cl)c(C)n3n2)S(=O)(=O)c2ccccc2)cc1. The van der Waals surface area contributed by atoms with Crippen molar-refractivity contribution in [2.75, 3.05) is 10.8 Å². The number of rotatable bonds is 6. The summed E-state index contributed by atoms with van der Waals surface area (Å²) in [6, 6.07) is 14.8. The predicted octanol–water partition coefficient (Wildman–Crippen LogP) is 3.78. The van der Waals surface area contributed by atoms with Crippen molar-refractivity contribution in [2.24, 2.45) is 0 Å². The van der Waals surface area contributed by atoms with Gasteiger partial charge in [-0.1, -0.05) is 59.6 Å². The highest BCUT2D eigenvalue weighted by Gasteiger charge is 2.31. The van der Waals surface area contributed by atoms with Crippen LogP contribution in [0.4, 0.5) is 5.95 Å². The predicted molar refractivity (Wildman–Crippen MR) is 122 cm³/mol. The Kier molecular flexibility index (Phi) is 5.70. The quantitative estimate of drug-likeness (QED) is 0.398. The summed E-state index contributed by atoms with van der Waals surface area (Å²) >= 11 is 6.27. The van der Waals surface area contributed by atoms with Gasteiger partial charge in [-0.25, -0.2) is 17.7 Å². The smallest absolute Gasteiger partial charge is 0.267 e. The van der Waals surface area contributed by atoms with Gasteiger partial charge in [-0.3, -0.25) is 4.79 Å². The molecular weight excluding hydrogens is 450 g/mol. The third kappa shape index (κ3) is 3.96. The lowest BCUT2D eigenvalue weighted by molar-refractivity contribution is 0.100. The molecule has 0 amide bonds. The number of carbonyl (C=O) groups excluding carboxylic acids is 1. The van der Waals surface area contributed by atoms with Gasteiger partial charge < -0.3 is 0 Å². The highest BCUT2D eigenvalue weighted by atomic mass is 35.5. The summed E-state index contributed by atoms with van der Waals surface area (Å²) in [6.45, 7) is 4.89. The lowest BCUT2D eigenvalue weighted by atomic mass is 10.1. The van der Waals surface area contributed by atoms with E-state index in [1.807, 2.05) is 6.92 Å². The van der Waals surface area contributed by atoms with Gasteiger partial charge in [-0.05, 0) is 32.9 Å². The van der Waals surface area contributed by atoms with Crippen molar-refractivity contribution in [3.8, 4) is 0 Å². The van der Waals surface area contributed by atoms with Crippen molar-refractivity contribution in [1.82, 2.24) is 19.6 Å². The van der Waals surface area contributed by atoms with E-state index in [9.17, 15) is 13.2 Å². The fraction of sp³-hybridized carbons (Fsp3) is 0.182. The van der Waals surface area contributed by atoms with E-state index in [-0.39, 0.29) is 22.4 Å². The summed E-state index contributed by atoms with van der Waals surface area (Å²) in [6.07, 6.45) is 0. The second-order valence-electron chi connectivity index (χ2n) is 7.33. The Morgan fingerprint density at radius 1 is 1.00 bits per heavy atom. The molecule has 2 aromatic heterocycles. The van der Waals surface area contributed by atoms with E-state index >= 15 is 0 Å². The minimum atomic E-state index is -4.13. The number of ketones is 1. The number of hydrogen-bond donors (Lipinski definition) is 0. The summed E-state index contributed by atoms with van der Waals surface area (Å²) in [5.41, 5.74) is 2.49. The Morgan fingerprint density at radius 2 is 1.66 bits per heavy atom. The molecule has 2 aromatic carbocycles. The van der Waals surface area contributed by atoms with Crippen LogP contribution < -0.4 is 4.31 Å². The van der Waals surface area contributed by atoms with Crippen molar-refractivity contribution < 1.29 is 13.2 Å². The molecule has 0 radical (unpaired) electrons. The molecule has 0 aliphatic heterocycles. The molecule has 2 heterocycles. The Morgan fingerprint density at radius 3 is 2.31 bits per heavy atom. The zero-order valence-corrected chi connectivity index (χ0v) is 19.2. The first-order valence-corrected chi connectivity index (χ1v) is 11.6. The summed E-state index contributed by atoms with van der Waals surface area (Å²) in [4.78, 5) is 21.6. The first kappa shape index (κ1) is 21.9. The first-order valence-electron chi connectivity index (χ1n) is 9.75. The van der Waals surface area contributed by atoms with E-state index in [2.05, 4.69) is 15.1 Å². The number of aryl methyl sites for hydroxylation is 3. The number of fused-ring (bicyclic) bond motifs is 1. The van der Waals surface area contributed by atoms with Gasteiger partial charge in [0.1, 0.15) is 6.54 Å². The van der Waals surface area contributed by atoms with Gasteiger partial charge in [0, 0.05) is 5.56 Å². The Bertz CT molecular complexity index is 1420.